The van der Waals surface area contributed by atoms with Crippen molar-refractivity contribution in [1.82, 2.24) is 5.32 Å². The van der Waals surface area contributed by atoms with Gasteiger partial charge in [0.25, 0.3) is 0 Å². The van der Waals surface area contributed by atoms with Crippen molar-refractivity contribution in [2.75, 3.05) is 13.7 Å². The number of ether oxygens (including phenoxy) is 1. The first-order valence-electron chi connectivity index (χ1n) is 5.72. The summed E-state index contributed by atoms with van der Waals surface area (Å²) < 4.78 is 5.20. The maximum Gasteiger partial charge on any atom is 0.115 e. The van der Waals surface area contributed by atoms with E-state index in [1.165, 1.54) is 5.56 Å². The first-order chi connectivity index (χ1) is 7.67. The standard InChI is InChI=1S/C13H21NO2/c1-4-13(14-9-10(2)16-3)11-5-7-12(15)8-6-11/h5-8,10,13-15H,4,9H2,1-3H3. The van der Waals surface area contributed by atoms with Gasteiger partial charge in [-0.05, 0) is 31.0 Å². The molecule has 1 aromatic carbocycles. The summed E-state index contributed by atoms with van der Waals surface area (Å²) >= 11 is 0. The van der Waals surface area contributed by atoms with Crippen LogP contribution in [0.5, 0.6) is 5.75 Å². The second-order valence-electron chi connectivity index (χ2n) is 4.01. The van der Waals surface area contributed by atoms with Gasteiger partial charge in [-0.15, -0.1) is 0 Å². The summed E-state index contributed by atoms with van der Waals surface area (Å²) in [5.41, 5.74) is 1.20. The van der Waals surface area contributed by atoms with E-state index in [4.69, 9.17) is 4.74 Å². The molecule has 0 aliphatic carbocycles. The highest BCUT2D eigenvalue weighted by atomic mass is 16.5. The Labute approximate surface area is 97.4 Å². The van der Waals surface area contributed by atoms with Gasteiger partial charge in [-0.25, -0.2) is 0 Å². The maximum atomic E-state index is 9.23. The summed E-state index contributed by atoms with van der Waals surface area (Å²) in [7, 11) is 1.72. The predicted octanol–water partition coefficient (Wildman–Crippen LogP) is 2.47. The molecule has 0 fully saturated rings. The average Bonchev–Trinajstić information content (AvgIpc) is 2.31. The van der Waals surface area contributed by atoms with E-state index in [-0.39, 0.29) is 6.10 Å². The van der Waals surface area contributed by atoms with Gasteiger partial charge in [-0.3, -0.25) is 0 Å². The number of methoxy groups -OCH3 is 1. The minimum absolute atomic E-state index is 0.214. The third kappa shape index (κ3) is 3.83. The molecular weight excluding hydrogens is 202 g/mol. The van der Waals surface area contributed by atoms with Crippen molar-refractivity contribution in [1.29, 1.82) is 0 Å². The first kappa shape index (κ1) is 13.0. The molecule has 0 saturated heterocycles. The second kappa shape index (κ2) is 6.51. The molecule has 0 aliphatic rings. The summed E-state index contributed by atoms with van der Waals surface area (Å²) in [6.07, 6.45) is 1.23. The Morgan fingerprint density at radius 1 is 1.31 bits per heavy atom. The van der Waals surface area contributed by atoms with Crippen LogP contribution in [0, 0.1) is 0 Å². The average molecular weight is 223 g/mol. The predicted molar refractivity (Wildman–Crippen MR) is 65.6 cm³/mol. The molecule has 90 valence electrons. The Hall–Kier alpha value is -1.06. The van der Waals surface area contributed by atoms with Crippen LogP contribution < -0.4 is 5.32 Å². The zero-order valence-corrected chi connectivity index (χ0v) is 10.2. The van der Waals surface area contributed by atoms with Crippen molar-refractivity contribution >= 4 is 0 Å². The van der Waals surface area contributed by atoms with E-state index in [0.717, 1.165) is 13.0 Å². The van der Waals surface area contributed by atoms with Crippen LogP contribution in [0.25, 0.3) is 0 Å². The van der Waals surface area contributed by atoms with E-state index in [1.54, 1.807) is 19.2 Å². The molecule has 1 aromatic rings. The highest BCUT2D eigenvalue weighted by Crippen LogP contribution is 2.19. The lowest BCUT2D eigenvalue weighted by Gasteiger charge is -2.19. The van der Waals surface area contributed by atoms with Crippen LogP contribution in [0.1, 0.15) is 31.9 Å². The van der Waals surface area contributed by atoms with E-state index < -0.39 is 0 Å². The Morgan fingerprint density at radius 3 is 2.44 bits per heavy atom. The van der Waals surface area contributed by atoms with Gasteiger partial charge in [0, 0.05) is 19.7 Å². The topological polar surface area (TPSA) is 41.5 Å². The molecule has 0 aromatic heterocycles. The largest absolute Gasteiger partial charge is 0.508 e. The van der Waals surface area contributed by atoms with Gasteiger partial charge >= 0.3 is 0 Å². The molecule has 3 heteroatoms. The lowest BCUT2D eigenvalue weighted by atomic mass is 10.0. The van der Waals surface area contributed by atoms with Crippen molar-refractivity contribution in [3.05, 3.63) is 29.8 Å². The Kier molecular flexibility index (Phi) is 5.29. The Morgan fingerprint density at radius 2 is 1.94 bits per heavy atom. The number of aromatic hydroxyl groups is 1. The SMILES string of the molecule is CCC(NCC(C)OC)c1ccc(O)cc1. The van der Waals surface area contributed by atoms with Crippen LogP contribution in [-0.2, 0) is 4.74 Å². The summed E-state index contributed by atoms with van der Waals surface area (Å²) in [5.74, 6) is 0.309. The second-order valence-corrected chi connectivity index (χ2v) is 4.01. The normalized spacial score (nSPS) is 14.7. The molecule has 0 amide bonds. The van der Waals surface area contributed by atoms with Gasteiger partial charge in [0.1, 0.15) is 5.75 Å². The number of nitrogens with one attached hydrogen (secondary N) is 1. The van der Waals surface area contributed by atoms with E-state index >= 15 is 0 Å². The number of hydrogen-bond donors (Lipinski definition) is 2. The van der Waals surface area contributed by atoms with Gasteiger partial charge < -0.3 is 15.2 Å². The fraction of sp³-hybridized carbons (Fsp3) is 0.538. The van der Waals surface area contributed by atoms with E-state index in [0.29, 0.717) is 11.8 Å². The van der Waals surface area contributed by atoms with Crippen molar-refractivity contribution in [2.45, 2.75) is 32.4 Å². The fourth-order valence-corrected chi connectivity index (χ4v) is 1.60. The lowest BCUT2D eigenvalue weighted by molar-refractivity contribution is 0.114. The van der Waals surface area contributed by atoms with Crippen LogP contribution in [0.2, 0.25) is 0 Å². The Bertz CT molecular complexity index is 297. The zero-order valence-electron chi connectivity index (χ0n) is 10.2. The van der Waals surface area contributed by atoms with Crippen LogP contribution in [0.3, 0.4) is 0 Å². The van der Waals surface area contributed by atoms with Crippen LogP contribution in [-0.4, -0.2) is 24.9 Å². The smallest absolute Gasteiger partial charge is 0.115 e. The van der Waals surface area contributed by atoms with E-state index in [2.05, 4.69) is 12.2 Å². The maximum absolute atomic E-state index is 9.23. The van der Waals surface area contributed by atoms with E-state index in [9.17, 15) is 5.11 Å². The fourth-order valence-electron chi connectivity index (χ4n) is 1.60. The molecule has 0 saturated carbocycles. The van der Waals surface area contributed by atoms with Gasteiger partial charge in [0.05, 0.1) is 6.10 Å². The van der Waals surface area contributed by atoms with Crippen molar-refractivity contribution < 1.29 is 9.84 Å². The summed E-state index contributed by atoms with van der Waals surface area (Å²) in [4.78, 5) is 0. The van der Waals surface area contributed by atoms with Gasteiger partial charge in [-0.2, -0.15) is 0 Å². The number of phenols is 1. The molecule has 1 rings (SSSR count). The molecule has 16 heavy (non-hydrogen) atoms. The zero-order chi connectivity index (χ0) is 12.0. The monoisotopic (exact) mass is 223 g/mol. The number of phenolic OH excluding ortho intramolecular Hbond substituents is 1. The van der Waals surface area contributed by atoms with Gasteiger partial charge in [0.2, 0.25) is 0 Å². The third-order valence-electron chi connectivity index (χ3n) is 2.76. The quantitative estimate of drug-likeness (QED) is 0.778. The van der Waals surface area contributed by atoms with Crippen LogP contribution in [0.15, 0.2) is 24.3 Å². The Balaban J connectivity index is 2.57. The molecule has 2 N–H and O–H groups in total. The van der Waals surface area contributed by atoms with E-state index in [1.807, 2.05) is 19.1 Å². The number of rotatable bonds is 6. The van der Waals surface area contributed by atoms with Crippen LogP contribution in [0.4, 0.5) is 0 Å². The molecular formula is C13H21NO2. The number of benzene rings is 1. The molecule has 2 atom stereocenters. The minimum Gasteiger partial charge on any atom is -0.508 e. The van der Waals surface area contributed by atoms with Gasteiger partial charge in [0.15, 0.2) is 0 Å². The highest BCUT2D eigenvalue weighted by molar-refractivity contribution is 5.27. The first-order valence-corrected chi connectivity index (χ1v) is 5.72. The molecule has 0 spiro atoms. The van der Waals surface area contributed by atoms with Crippen LogP contribution >= 0.6 is 0 Å². The lowest BCUT2D eigenvalue weighted by Crippen LogP contribution is -2.29. The molecule has 0 radical (unpaired) electrons. The molecule has 0 bridgehead atoms. The third-order valence-corrected chi connectivity index (χ3v) is 2.76. The van der Waals surface area contributed by atoms with Crippen molar-refractivity contribution in [3.63, 3.8) is 0 Å². The molecule has 0 heterocycles. The summed E-state index contributed by atoms with van der Waals surface area (Å²) in [6, 6.07) is 7.67. The minimum atomic E-state index is 0.214. The summed E-state index contributed by atoms with van der Waals surface area (Å²) in [5, 5.41) is 12.7. The van der Waals surface area contributed by atoms with Crippen molar-refractivity contribution in [3.8, 4) is 5.75 Å². The molecule has 2 unspecified atom stereocenters. The summed E-state index contributed by atoms with van der Waals surface area (Å²) in [6.45, 7) is 5.01. The van der Waals surface area contributed by atoms with Gasteiger partial charge in [-0.1, -0.05) is 19.1 Å². The molecule has 3 nitrogen and oxygen atoms in total. The highest BCUT2D eigenvalue weighted by Gasteiger charge is 2.09. The molecule has 0 aliphatic heterocycles. The van der Waals surface area contributed by atoms with Crippen molar-refractivity contribution in [2.24, 2.45) is 0 Å². The number of hydrogen-bond acceptors (Lipinski definition) is 3.